The van der Waals surface area contributed by atoms with E-state index in [1.807, 2.05) is 0 Å². The molecule has 0 bridgehead atoms. The number of hydrogen-bond acceptors (Lipinski definition) is 7. The van der Waals surface area contributed by atoms with Crippen LogP contribution in [0.25, 0.3) is 0 Å². The fraction of sp³-hybridized carbons (Fsp3) is 0.667. The summed E-state index contributed by atoms with van der Waals surface area (Å²) in [5.41, 5.74) is 5.00. The van der Waals surface area contributed by atoms with Crippen LogP contribution in [0.15, 0.2) is 0 Å². The highest BCUT2D eigenvalue weighted by Crippen LogP contribution is 2.60. The van der Waals surface area contributed by atoms with Crippen molar-refractivity contribution in [1.29, 1.82) is 0 Å². The molecule has 21 heavy (non-hydrogen) atoms. The van der Waals surface area contributed by atoms with Crippen molar-refractivity contribution in [1.82, 2.24) is 4.67 Å². The van der Waals surface area contributed by atoms with E-state index in [4.69, 9.17) is 40.6 Å². The van der Waals surface area contributed by atoms with E-state index in [9.17, 15) is 18.7 Å². The molecule has 0 aromatic carbocycles. The fourth-order valence-electron chi connectivity index (χ4n) is 1.33. The molecule has 2 atom stereocenters. The van der Waals surface area contributed by atoms with Crippen LogP contribution in [0, 0.1) is 0 Å². The highest BCUT2D eigenvalue weighted by atomic mass is 31.2. The summed E-state index contributed by atoms with van der Waals surface area (Å²) in [5.74, 6) is -4.54. The van der Waals surface area contributed by atoms with E-state index in [0.29, 0.717) is 0 Å². The summed E-state index contributed by atoms with van der Waals surface area (Å²) in [6.07, 6.45) is 0. The number of nitrogens with zero attached hydrogens (tertiary/aromatic N) is 1. The zero-order chi connectivity index (χ0) is 17.2. The quantitative estimate of drug-likeness (QED) is 0.206. The average Bonchev–Trinajstić information content (AvgIpc) is 2.30. The number of nitrogens with two attached hydrogens (primary N) is 1. The van der Waals surface area contributed by atoms with Crippen LogP contribution in [0.2, 0.25) is 0 Å². The lowest BCUT2D eigenvalue weighted by atomic mass is 10.2. The second-order valence-corrected chi connectivity index (χ2v) is 7.03. The third-order valence-corrected chi connectivity index (χ3v) is 5.09. The lowest BCUT2D eigenvalue weighted by Gasteiger charge is -2.39. The first-order valence-corrected chi connectivity index (χ1v) is 8.11. The lowest BCUT2D eigenvalue weighted by Crippen LogP contribution is -2.61. The maximum absolute atomic E-state index is 11.7. The Bertz CT molecular complexity index is 511. The van der Waals surface area contributed by atoms with Crippen LogP contribution in [0.4, 0.5) is 0 Å². The largest absolute Gasteiger partial charge is 0.479 e. The normalized spacial score (nSPS) is 16.9. The molecule has 0 aliphatic rings. The van der Waals surface area contributed by atoms with Gasteiger partial charge in [0.15, 0.2) is 0 Å². The van der Waals surface area contributed by atoms with Gasteiger partial charge in [0.25, 0.3) is 11.2 Å². The third kappa shape index (κ3) is 3.66. The Labute approximate surface area is 117 Å². The molecule has 0 fully saturated rings. The van der Waals surface area contributed by atoms with Crippen LogP contribution in [-0.4, -0.2) is 76.0 Å². The number of carboxylic acid groups (broad SMARTS) is 1. The molecule has 0 saturated carbocycles. The molecule has 0 aliphatic carbocycles. The minimum Gasteiger partial charge on any atom is -0.479 e. The number of hydrogen-bond donors (Lipinski definition) is 8. The number of aliphatic hydroxyl groups is 2. The van der Waals surface area contributed by atoms with E-state index >= 15 is 0 Å². The van der Waals surface area contributed by atoms with E-state index in [1.54, 1.807) is 0 Å². The summed E-state index contributed by atoms with van der Waals surface area (Å²) >= 11 is 0. The Kier molecular flexibility index (Phi) is 6.21. The van der Waals surface area contributed by atoms with Crippen molar-refractivity contribution in [2.24, 2.45) is 5.73 Å². The zero-order valence-corrected chi connectivity index (χ0v) is 12.0. The molecule has 0 unspecified atom stereocenters. The molecule has 13 nitrogen and oxygen atoms in total. The van der Waals surface area contributed by atoms with Crippen LogP contribution in [-0.2, 0) is 18.7 Å². The molecule has 9 N–H and O–H groups in total. The maximum atomic E-state index is 11.7. The highest BCUT2D eigenvalue weighted by molar-refractivity contribution is 7.57. The maximum Gasteiger partial charge on any atom is 0.434 e. The number of aliphatic hydroxyl groups excluding tert-OH is 2. The van der Waals surface area contributed by atoms with Gasteiger partial charge in [0.2, 0.25) is 0 Å². The van der Waals surface area contributed by atoms with Crippen molar-refractivity contribution < 1.29 is 53.6 Å². The molecule has 124 valence electrons. The topological polar surface area (TPSA) is 239 Å². The first-order chi connectivity index (χ1) is 9.27. The lowest BCUT2D eigenvalue weighted by molar-refractivity contribution is -0.153. The van der Waals surface area contributed by atoms with E-state index in [1.165, 1.54) is 0 Å². The Balaban J connectivity index is 6.48. The molecule has 0 saturated heterocycles. The molecule has 0 aromatic rings. The predicted octanol–water partition coefficient (Wildman–Crippen LogP) is -3.82. The van der Waals surface area contributed by atoms with Crippen molar-refractivity contribution in [3.63, 3.8) is 0 Å². The van der Waals surface area contributed by atoms with Crippen molar-refractivity contribution in [3.05, 3.63) is 0 Å². The molecule has 0 rings (SSSR count). The first-order valence-electron chi connectivity index (χ1n) is 4.93. The van der Waals surface area contributed by atoms with Gasteiger partial charge in [0, 0.05) is 0 Å². The number of carbonyl (C=O) groups excluding carboxylic acids is 1. The third-order valence-electron chi connectivity index (χ3n) is 2.38. The number of amides is 1. The van der Waals surface area contributed by atoms with E-state index in [-0.39, 0.29) is 0 Å². The summed E-state index contributed by atoms with van der Waals surface area (Å²) < 4.78 is 21.6. The van der Waals surface area contributed by atoms with Gasteiger partial charge in [0.05, 0.1) is 13.2 Å². The summed E-state index contributed by atoms with van der Waals surface area (Å²) in [6, 6.07) is -2.07. The molecular formula is C6H14N2O11P2. The van der Waals surface area contributed by atoms with Crippen molar-refractivity contribution in [2.75, 3.05) is 13.2 Å². The van der Waals surface area contributed by atoms with Gasteiger partial charge in [-0.05, 0) is 0 Å². The second-order valence-electron chi connectivity index (χ2n) is 3.78. The Morgan fingerprint density at radius 2 is 1.57 bits per heavy atom. The van der Waals surface area contributed by atoms with Crippen LogP contribution in [0.1, 0.15) is 0 Å². The second kappa shape index (κ2) is 6.48. The summed E-state index contributed by atoms with van der Waals surface area (Å²) in [7, 11) is -11.9. The van der Waals surface area contributed by atoms with Gasteiger partial charge >= 0.3 is 21.3 Å². The summed E-state index contributed by atoms with van der Waals surface area (Å²) in [4.78, 5) is 59.0. The minimum absolute atomic E-state index is 1.01. The number of aliphatic carboxylic acids is 1. The smallest absolute Gasteiger partial charge is 0.434 e. The molecule has 0 heterocycles. The summed E-state index contributed by atoms with van der Waals surface area (Å²) in [5, 5.41) is 22.6. The van der Waals surface area contributed by atoms with Crippen LogP contribution in [0.3, 0.4) is 0 Å². The van der Waals surface area contributed by atoms with Crippen molar-refractivity contribution in [2.45, 2.75) is 11.3 Å². The van der Waals surface area contributed by atoms with Crippen LogP contribution < -0.4 is 5.73 Å². The highest BCUT2D eigenvalue weighted by Gasteiger charge is 2.65. The molecule has 1 amide bonds. The average molecular weight is 352 g/mol. The van der Waals surface area contributed by atoms with Gasteiger partial charge in [-0.2, -0.15) is 0 Å². The predicted molar refractivity (Wildman–Crippen MR) is 63.4 cm³/mol. The fourth-order valence-corrected chi connectivity index (χ4v) is 3.79. The Morgan fingerprint density at radius 3 is 1.76 bits per heavy atom. The van der Waals surface area contributed by atoms with Gasteiger partial charge in [-0.3, -0.25) is 9.36 Å². The summed E-state index contributed by atoms with van der Waals surface area (Å²) in [6.45, 7) is -3.21. The van der Waals surface area contributed by atoms with Gasteiger partial charge in [-0.1, -0.05) is 0 Å². The molecule has 0 spiro atoms. The van der Waals surface area contributed by atoms with Crippen molar-refractivity contribution >= 4 is 27.2 Å². The SMILES string of the molecule is N[C@@H](CO)C(=O)N([C@@](CO)(C(=O)O)P(=O)(O)O)P(=O)(O)O. The molecule has 0 aromatic heterocycles. The Hall–Kier alpha value is -0.880. The van der Waals surface area contributed by atoms with Crippen molar-refractivity contribution in [3.8, 4) is 0 Å². The monoisotopic (exact) mass is 352 g/mol. The first kappa shape index (κ1) is 20.1. The molecule has 0 aliphatic heterocycles. The van der Waals surface area contributed by atoms with Gasteiger partial charge in [-0.15, -0.1) is 0 Å². The zero-order valence-electron chi connectivity index (χ0n) is 10.2. The van der Waals surface area contributed by atoms with Gasteiger partial charge < -0.3 is 40.6 Å². The number of carboxylic acids is 1. The van der Waals surface area contributed by atoms with Gasteiger partial charge in [-0.25, -0.2) is 14.0 Å². The standard InChI is InChI=1S/C6H14N2O11P2/c7-3(1-9)4(11)8(21(17,18)19)6(2-10,5(12)13)20(14,15)16/h3,9-10H,1-2,7H2,(H,12,13)(H2,14,15,16)(H2,17,18,19)/t3-,6+/m0/s1. The molecule has 15 heteroatoms. The minimum atomic E-state index is -5.99. The van der Waals surface area contributed by atoms with E-state index in [2.05, 4.69) is 0 Å². The molecular weight excluding hydrogens is 338 g/mol. The van der Waals surface area contributed by atoms with E-state index in [0.717, 1.165) is 0 Å². The number of rotatable bonds is 7. The van der Waals surface area contributed by atoms with Gasteiger partial charge in [0.1, 0.15) is 6.04 Å². The van der Waals surface area contributed by atoms with Crippen LogP contribution in [0.5, 0.6) is 0 Å². The molecule has 0 radical (unpaired) electrons. The number of carbonyl (C=O) groups is 2. The van der Waals surface area contributed by atoms with Crippen LogP contribution >= 0.6 is 15.3 Å². The van der Waals surface area contributed by atoms with E-state index < -0.39 is 56.4 Å². The Morgan fingerprint density at radius 1 is 1.14 bits per heavy atom.